The van der Waals surface area contributed by atoms with Gasteiger partial charge in [-0.15, -0.1) is 0 Å². The molecule has 0 aromatic heterocycles. The first-order valence-electron chi connectivity index (χ1n) is 6.08. The predicted octanol–water partition coefficient (Wildman–Crippen LogP) is 2.39. The van der Waals surface area contributed by atoms with E-state index in [9.17, 15) is 13.6 Å². The van der Waals surface area contributed by atoms with Gasteiger partial charge < -0.3 is 20.3 Å². The molecule has 0 saturated carbocycles. The van der Waals surface area contributed by atoms with Crippen LogP contribution in [0.15, 0.2) is 12.1 Å². The van der Waals surface area contributed by atoms with E-state index in [-0.39, 0.29) is 36.5 Å². The van der Waals surface area contributed by atoms with Gasteiger partial charge in [0.1, 0.15) is 0 Å². The molecule has 1 aliphatic heterocycles. The first-order chi connectivity index (χ1) is 9.29. The largest absolute Gasteiger partial charge is 0.481 e. The Kier molecular flexibility index (Phi) is 3.80. The number of hydrogen-bond donors (Lipinski definition) is 2. The number of carbonyl (C=O) groups is 1. The van der Waals surface area contributed by atoms with Crippen LogP contribution in [0.2, 0.25) is 0 Å². The molecule has 1 aromatic rings. The number of carboxylic acid groups (broad SMARTS) is 1. The number of halogens is 2. The molecule has 0 aliphatic carbocycles. The minimum absolute atomic E-state index is 0.0299. The molecule has 0 bridgehead atoms. The van der Waals surface area contributed by atoms with E-state index in [1.165, 1.54) is 12.1 Å². The lowest BCUT2D eigenvalue weighted by Crippen LogP contribution is -2.19. The van der Waals surface area contributed by atoms with Crippen molar-refractivity contribution in [2.45, 2.75) is 31.7 Å². The molecule has 20 heavy (non-hydrogen) atoms. The number of ether oxygens (including phenoxy) is 2. The highest BCUT2D eigenvalue weighted by molar-refractivity contribution is 5.66. The van der Waals surface area contributed by atoms with Gasteiger partial charge in [0, 0.05) is 24.9 Å². The van der Waals surface area contributed by atoms with E-state index in [2.05, 4.69) is 0 Å². The van der Waals surface area contributed by atoms with Gasteiger partial charge in [-0.2, -0.15) is 0 Å². The lowest BCUT2D eigenvalue weighted by Gasteiger charge is -2.20. The molecule has 3 N–H and O–H groups in total. The van der Waals surface area contributed by atoms with Gasteiger partial charge in [0.15, 0.2) is 11.5 Å². The molecule has 7 heteroatoms. The average Bonchev–Trinajstić information content (AvgIpc) is 2.80. The Morgan fingerprint density at radius 3 is 2.60 bits per heavy atom. The summed E-state index contributed by atoms with van der Waals surface area (Å²) in [7, 11) is 0. The number of aliphatic carboxylic acids is 1. The number of rotatable bonds is 5. The molecular formula is C13H15F2NO4. The van der Waals surface area contributed by atoms with Gasteiger partial charge in [0.05, 0.1) is 0 Å². The Morgan fingerprint density at radius 2 is 2.05 bits per heavy atom. The summed E-state index contributed by atoms with van der Waals surface area (Å²) < 4.78 is 37.6. The highest BCUT2D eigenvalue weighted by Gasteiger charge is 2.32. The molecule has 1 heterocycles. The molecule has 2 rings (SSSR count). The van der Waals surface area contributed by atoms with Gasteiger partial charge in [-0.05, 0) is 24.1 Å². The SMILES string of the molecule is CC(F)(F)c1cc2c(cc1C(N)CCC(=O)O)OCO2. The summed E-state index contributed by atoms with van der Waals surface area (Å²) in [5, 5.41) is 8.64. The Hall–Kier alpha value is -1.89. The first-order valence-corrected chi connectivity index (χ1v) is 6.08. The predicted molar refractivity (Wildman–Crippen MR) is 65.9 cm³/mol. The second kappa shape index (κ2) is 5.24. The maximum absolute atomic E-state index is 13.7. The maximum atomic E-state index is 13.7. The third-order valence-corrected chi connectivity index (χ3v) is 3.09. The zero-order chi connectivity index (χ0) is 14.9. The van der Waals surface area contributed by atoms with E-state index in [1.54, 1.807) is 0 Å². The topological polar surface area (TPSA) is 81.8 Å². The van der Waals surface area contributed by atoms with Crippen LogP contribution in [0.4, 0.5) is 8.78 Å². The Bertz CT molecular complexity index is 528. The molecule has 0 amide bonds. The van der Waals surface area contributed by atoms with Crippen molar-refractivity contribution in [1.82, 2.24) is 0 Å². The number of fused-ring (bicyclic) bond motifs is 1. The van der Waals surface area contributed by atoms with Crippen LogP contribution >= 0.6 is 0 Å². The summed E-state index contributed by atoms with van der Waals surface area (Å²) in [6.07, 6.45) is -0.123. The fraction of sp³-hybridized carbons (Fsp3) is 0.462. The minimum atomic E-state index is -3.10. The fourth-order valence-electron chi connectivity index (χ4n) is 2.08. The van der Waals surface area contributed by atoms with Crippen molar-refractivity contribution in [3.05, 3.63) is 23.3 Å². The summed E-state index contributed by atoms with van der Waals surface area (Å²) in [6.45, 7) is 0.732. The van der Waals surface area contributed by atoms with Crippen LogP contribution in [0.1, 0.15) is 36.9 Å². The van der Waals surface area contributed by atoms with Crippen molar-refractivity contribution in [2.24, 2.45) is 5.73 Å². The fourth-order valence-corrected chi connectivity index (χ4v) is 2.08. The van der Waals surface area contributed by atoms with Crippen LogP contribution in [-0.4, -0.2) is 17.9 Å². The molecule has 5 nitrogen and oxygen atoms in total. The van der Waals surface area contributed by atoms with Crippen molar-refractivity contribution in [3.63, 3.8) is 0 Å². The zero-order valence-electron chi connectivity index (χ0n) is 10.9. The van der Waals surface area contributed by atoms with E-state index < -0.39 is 17.9 Å². The quantitative estimate of drug-likeness (QED) is 0.869. The van der Waals surface area contributed by atoms with Crippen molar-refractivity contribution in [3.8, 4) is 11.5 Å². The summed E-state index contributed by atoms with van der Waals surface area (Å²) in [4.78, 5) is 10.6. The smallest absolute Gasteiger partial charge is 0.303 e. The van der Waals surface area contributed by atoms with Crippen LogP contribution in [-0.2, 0) is 10.7 Å². The monoisotopic (exact) mass is 287 g/mol. The van der Waals surface area contributed by atoms with Gasteiger partial charge in [0.25, 0.3) is 5.92 Å². The lowest BCUT2D eigenvalue weighted by molar-refractivity contribution is -0.137. The minimum Gasteiger partial charge on any atom is -0.481 e. The average molecular weight is 287 g/mol. The van der Waals surface area contributed by atoms with Crippen LogP contribution in [0, 0.1) is 0 Å². The van der Waals surface area contributed by atoms with Gasteiger partial charge in [-0.1, -0.05) is 0 Å². The first kappa shape index (κ1) is 14.5. The molecule has 0 spiro atoms. The number of carboxylic acids is 1. The van der Waals surface area contributed by atoms with Crippen LogP contribution in [0.5, 0.6) is 11.5 Å². The summed E-state index contributed by atoms with van der Waals surface area (Å²) in [6, 6.07) is 1.81. The molecule has 1 aromatic carbocycles. The lowest BCUT2D eigenvalue weighted by atomic mass is 9.93. The third kappa shape index (κ3) is 2.98. The molecular weight excluding hydrogens is 272 g/mol. The second-order valence-electron chi connectivity index (χ2n) is 4.72. The number of alkyl halides is 2. The summed E-state index contributed by atoms with van der Waals surface area (Å²) in [5.41, 5.74) is 5.76. The Morgan fingerprint density at radius 1 is 1.45 bits per heavy atom. The van der Waals surface area contributed by atoms with Crippen LogP contribution in [0.25, 0.3) is 0 Å². The van der Waals surface area contributed by atoms with Crippen molar-refractivity contribution < 1.29 is 28.2 Å². The standard InChI is InChI=1S/C13H15F2NO4/c1-13(14,15)8-5-11-10(19-6-20-11)4-7(8)9(16)2-3-12(17)18/h4-5,9H,2-3,6,16H2,1H3,(H,17,18). The zero-order valence-corrected chi connectivity index (χ0v) is 10.9. The van der Waals surface area contributed by atoms with Crippen molar-refractivity contribution in [1.29, 1.82) is 0 Å². The number of hydrogen-bond acceptors (Lipinski definition) is 4. The molecule has 1 unspecified atom stereocenters. The Balaban J connectivity index is 2.37. The normalized spacial score (nSPS) is 15.2. The van der Waals surface area contributed by atoms with E-state index >= 15 is 0 Å². The maximum Gasteiger partial charge on any atom is 0.303 e. The molecule has 0 radical (unpaired) electrons. The summed E-state index contributed by atoms with van der Waals surface area (Å²) >= 11 is 0. The number of nitrogens with two attached hydrogens (primary N) is 1. The van der Waals surface area contributed by atoms with E-state index in [0.717, 1.165) is 6.92 Å². The van der Waals surface area contributed by atoms with Crippen LogP contribution in [0.3, 0.4) is 0 Å². The molecule has 110 valence electrons. The highest BCUT2D eigenvalue weighted by atomic mass is 19.3. The van der Waals surface area contributed by atoms with E-state index in [0.29, 0.717) is 5.75 Å². The third-order valence-electron chi connectivity index (χ3n) is 3.09. The van der Waals surface area contributed by atoms with Crippen molar-refractivity contribution in [2.75, 3.05) is 6.79 Å². The number of benzene rings is 1. The van der Waals surface area contributed by atoms with Gasteiger partial charge >= 0.3 is 5.97 Å². The van der Waals surface area contributed by atoms with Gasteiger partial charge in [-0.3, -0.25) is 4.79 Å². The van der Waals surface area contributed by atoms with Gasteiger partial charge in [0.2, 0.25) is 6.79 Å². The van der Waals surface area contributed by atoms with Crippen molar-refractivity contribution >= 4 is 5.97 Å². The van der Waals surface area contributed by atoms with Crippen LogP contribution < -0.4 is 15.2 Å². The molecule has 0 saturated heterocycles. The molecule has 1 atom stereocenters. The summed E-state index contributed by atoms with van der Waals surface area (Å²) in [5.74, 6) is -3.53. The van der Waals surface area contributed by atoms with Gasteiger partial charge in [-0.25, -0.2) is 8.78 Å². The molecule has 0 fully saturated rings. The molecule has 1 aliphatic rings. The highest BCUT2D eigenvalue weighted by Crippen LogP contribution is 2.42. The van der Waals surface area contributed by atoms with E-state index in [1.807, 2.05) is 0 Å². The second-order valence-corrected chi connectivity index (χ2v) is 4.72. The van der Waals surface area contributed by atoms with E-state index in [4.69, 9.17) is 20.3 Å². The Labute approximate surface area is 114 Å².